The van der Waals surface area contributed by atoms with Crippen LogP contribution in [-0.2, 0) is 6.18 Å². The molecule has 0 fully saturated rings. The maximum Gasteiger partial charge on any atom is 0.433 e. The van der Waals surface area contributed by atoms with Crippen molar-refractivity contribution in [2.24, 2.45) is 0 Å². The Balaban J connectivity index is 2.40. The smallest absolute Gasteiger partial charge is 0.416 e. The summed E-state index contributed by atoms with van der Waals surface area (Å²) in [7, 11) is 0. The van der Waals surface area contributed by atoms with Crippen molar-refractivity contribution in [1.29, 1.82) is 5.26 Å². The van der Waals surface area contributed by atoms with E-state index in [0.717, 1.165) is 12.1 Å². The molecule has 2 aromatic heterocycles. The average molecular weight is 286 g/mol. The minimum absolute atomic E-state index is 0.00820. The largest absolute Gasteiger partial charge is 0.433 e. The fourth-order valence-corrected chi connectivity index (χ4v) is 1.94. The van der Waals surface area contributed by atoms with E-state index in [1.54, 1.807) is 13.0 Å². The molecular formula is C10H5F3N4OS. The Bertz CT molecular complexity index is 647. The van der Waals surface area contributed by atoms with Crippen LogP contribution in [0.3, 0.4) is 0 Å². The van der Waals surface area contributed by atoms with Gasteiger partial charge in [0.1, 0.15) is 16.8 Å². The van der Waals surface area contributed by atoms with E-state index in [0.29, 0.717) is 11.8 Å². The van der Waals surface area contributed by atoms with Crippen molar-refractivity contribution in [1.82, 2.24) is 15.2 Å². The summed E-state index contributed by atoms with van der Waals surface area (Å²) in [6.45, 7) is 1.54. The SMILES string of the molecule is Cc1nnc(Sc2nc(C(F)(F)F)ccc2C#N)o1. The van der Waals surface area contributed by atoms with Gasteiger partial charge in [-0.25, -0.2) is 4.98 Å². The van der Waals surface area contributed by atoms with Crippen LogP contribution in [0.4, 0.5) is 13.2 Å². The van der Waals surface area contributed by atoms with Crippen molar-refractivity contribution in [2.45, 2.75) is 23.3 Å². The summed E-state index contributed by atoms with van der Waals surface area (Å²) < 4.78 is 42.6. The van der Waals surface area contributed by atoms with Gasteiger partial charge in [-0.15, -0.1) is 10.2 Å². The van der Waals surface area contributed by atoms with Gasteiger partial charge in [0.05, 0.1) is 5.56 Å². The molecule has 0 saturated heterocycles. The van der Waals surface area contributed by atoms with Gasteiger partial charge in [0, 0.05) is 6.92 Å². The Morgan fingerprint density at radius 3 is 2.58 bits per heavy atom. The van der Waals surface area contributed by atoms with Crippen molar-refractivity contribution in [3.8, 4) is 6.07 Å². The number of hydrogen-bond donors (Lipinski definition) is 0. The summed E-state index contributed by atoms with van der Waals surface area (Å²) in [5, 5.41) is 15.9. The van der Waals surface area contributed by atoms with E-state index in [1.165, 1.54) is 0 Å². The summed E-state index contributed by atoms with van der Waals surface area (Å²) in [5.74, 6) is 0.271. The molecule has 0 bridgehead atoms. The summed E-state index contributed by atoms with van der Waals surface area (Å²) in [6, 6.07) is 3.57. The van der Waals surface area contributed by atoms with Crippen LogP contribution < -0.4 is 0 Å². The second kappa shape index (κ2) is 4.89. The number of nitrogens with zero attached hydrogens (tertiary/aromatic N) is 4. The van der Waals surface area contributed by atoms with E-state index < -0.39 is 11.9 Å². The minimum atomic E-state index is -4.58. The lowest BCUT2D eigenvalue weighted by molar-refractivity contribution is -0.141. The quantitative estimate of drug-likeness (QED) is 0.845. The van der Waals surface area contributed by atoms with Gasteiger partial charge in [-0.05, 0) is 23.9 Å². The molecule has 2 aromatic rings. The average Bonchev–Trinajstić information content (AvgIpc) is 2.73. The molecule has 2 rings (SSSR count). The van der Waals surface area contributed by atoms with Crippen LogP contribution in [0.5, 0.6) is 0 Å². The van der Waals surface area contributed by atoms with Gasteiger partial charge in [-0.2, -0.15) is 18.4 Å². The first-order chi connectivity index (χ1) is 8.90. The molecule has 9 heteroatoms. The molecule has 5 nitrogen and oxygen atoms in total. The van der Waals surface area contributed by atoms with Crippen LogP contribution in [0, 0.1) is 18.3 Å². The zero-order chi connectivity index (χ0) is 14.0. The molecule has 98 valence electrons. The number of pyridine rings is 1. The summed E-state index contributed by atoms with van der Waals surface area (Å²) >= 11 is 0.716. The number of nitriles is 1. The Morgan fingerprint density at radius 2 is 2.05 bits per heavy atom. The maximum absolute atomic E-state index is 12.5. The fraction of sp³-hybridized carbons (Fsp3) is 0.200. The number of aryl methyl sites for hydroxylation is 1. The first-order valence-electron chi connectivity index (χ1n) is 4.86. The normalized spacial score (nSPS) is 11.3. The molecule has 0 aliphatic heterocycles. The van der Waals surface area contributed by atoms with E-state index in [1.807, 2.05) is 0 Å². The van der Waals surface area contributed by atoms with E-state index in [9.17, 15) is 13.2 Å². The standard InChI is InChI=1S/C10H5F3N4OS/c1-5-16-17-9(18-5)19-8-6(4-14)2-3-7(15-8)10(11,12)13/h2-3H,1H3. The molecule has 0 unspecified atom stereocenters. The van der Waals surface area contributed by atoms with Gasteiger partial charge in [0.25, 0.3) is 5.22 Å². The second-order valence-corrected chi connectivity index (χ2v) is 4.29. The first-order valence-corrected chi connectivity index (χ1v) is 5.68. The zero-order valence-corrected chi connectivity index (χ0v) is 10.2. The lowest BCUT2D eigenvalue weighted by atomic mass is 10.2. The molecule has 19 heavy (non-hydrogen) atoms. The predicted molar refractivity (Wildman–Crippen MR) is 57.1 cm³/mol. The molecule has 0 aliphatic rings. The maximum atomic E-state index is 12.5. The van der Waals surface area contributed by atoms with E-state index in [4.69, 9.17) is 9.68 Å². The molecule has 0 N–H and O–H groups in total. The van der Waals surface area contributed by atoms with E-state index in [2.05, 4.69) is 15.2 Å². The highest BCUT2D eigenvalue weighted by atomic mass is 32.2. The summed E-state index contributed by atoms with van der Waals surface area (Å²) in [6.07, 6.45) is -4.58. The van der Waals surface area contributed by atoms with Crippen molar-refractivity contribution in [2.75, 3.05) is 0 Å². The van der Waals surface area contributed by atoms with Crippen LogP contribution in [-0.4, -0.2) is 15.2 Å². The third kappa shape index (κ3) is 3.03. The Hall–Kier alpha value is -2.08. The third-order valence-corrected chi connectivity index (χ3v) is 2.81. The zero-order valence-electron chi connectivity index (χ0n) is 9.39. The molecule has 0 amide bonds. The lowest BCUT2D eigenvalue weighted by Crippen LogP contribution is -2.08. The molecule has 0 aliphatic carbocycles. The van der Waals surface area contributed by atoms with Crippen molar-refractivity contribution < 1.29 is 17.6 Å². The van der Waals surface area contributed by atoms with Gasteiger partial charge in [-0.3, -0.25) is 0 Å². The Labute approximate surface area is 109 Å². The summed E-state index contributed by atoms with van der Waals surface area (Å²) in [5.41, 5.74) is -1.07. The highest BCUT2D eigenvalue weighted by Gasteiger charge is 2.33. The number of hydrogen-bond acceptors (Lipinski definition) is 6. The first kappa shape index (κ1) is 13.4. The number of rotatable bonds is 2. The molecule has 2 heterocycles. The number of halogens is 3. The van der Waals surface area contributed by atoms with Crippen LogP contribution in [0.1, 0.15) is 17.1 Å². The number of aromatic nitrogens is 3. The highest BCUT2D eigenvalue weighted by molar-refractivity contribution is 7.99. The van der Waals surface area contributed by atoms with Gasteiger partial charge in [0.2, 0.25) is 5.89 Å². The minimum Gasteiger partial charge on any atom is -0.416 e. The van der Waals surface area contributed by atoms with E-state index in [-0.39, 0.29) is 21.7 Å². The van der Waals surface area contributed by atoms with Gasteiger partial charge in [-0.1, -0.05) is 0 Å². The Kier molecular flexibility index (Phi) is 3.44. The molecule has 0 saturated carbocycles. The highest BCUT2D eigenvalue weighted by Crippen LogP contribution is 2.33. The van der Waals surface area contributed by atoms with Gasteiger partial charge >= 0.3 is 6.18 Å². The van der Waals surface area contributed by atoms with Crippen LogP contribution in [0.25, 0.3) is 0 Å². The fourth-order valence-electron chi connectivity index (χ4n) is 1.16. The van der Waals surface area contributed by atoms with Crippen LogP contribution in [0.2, 0.25) is 0 Å². The number of alkyl halides is 3. The monoisotopic (exact) mass is 286 g/mol. The molecule has 0 radical (unpaired) electrons. The van der Waals surface area contributed by atoms with Gasteiger partial charge in [0.15, 0.2) is 0 Å². The van der Waals surface area contributed by atoms with Crippen molar-refractivity contribution in [3.63, 3.8) is 0 Å². The molecule has 0 aromatic carbocycles. The molecule has 0 spiro atoms. The molecular weight excluding hydrogens is 281 g/mol. The van der Waals surface area contributed by atoms with Crippen LogP contribution in [0.15, 0.2) is 26.8 Å². The van der Waals surface area contributed by atoms with Crippen LogP contribution >= 0.6 is 11.8 Å². The summed E-state index contributed by atoms with van der Waals surface area (Å²) in [4.78, 5) is 3.41. The Morgan fingerprint density at radius 1 is 1.32 bits per heavy atom. The molecule has 0 atom stereocenters. The van der Waals surface area contributed by atoms with Gasteiger partial charge < -0.3 is 4.42 Å². The van der Waals surface area contributed by atoms with Crippen molar-refractivity contribution in [3.05, 3.63) is 29.3 Å². The topological polar surface area (TPSA) is 75.6 Å². The third-order valence-electron chi connectivity index (χ3n) is 1.96. The van der Waals surface area contributed by atoms with Crippen molar-refractivity contribution >= 4 is 11.8 Å². The second-order valence-electron chi connectivity index (χ2n) is 3.35. The van der Waals surface area contributed by atoms with E-state index >= 15 is 0 Å². The lowest BCUT2D eigenvalue weighted by Gasteiger charge is -2.07. The predicted octanol–water partition coefficient (Wildman–Crippen LogP) is 2.81.